The van der Waals surface area contributed by atoms with Crippen molar-refractivity contribution < 1.29 is 24.0 Å². The number of amides is 2. The van der Waals surface area contributed by atoms with Crippen LogP contribution in [0.25, 0.3) is 0 Å². The van der Waals surface area contributed by atoms with Crippen molar-refractivity contribution in [1.82, 2.24) is 10.3 Å². The van der Waals surface area contributed by atoms with Crippen LogP contribution in [0, 0.1) is 10.1 Å². The fourth-order valence-electron chi connectivity index (χ4n) is 2.80. The molecule has 3 rings (SSSR count). The molecule has 164 valence electrons. The van der Waals surface area contributed by atoms with E-state index in [9.17, 15) is 19.7 Å². The number of pyridine rings is 1. The van der Waals surface area contributed by atoms with E-state index in [0.717, 1.165) is 5.56 Å². The van der Waals surface area contributed by atoms with Gasteiger partial charge in [0.05, 0.1) is 23.3 Å². The number of benzene rings is 2. The van der Waals surface area contributed by atoms with Gasteiger partial charge in [-0.25, -0.2) is 0 Å². The monoisotopic (exact) mass is 436 g/mol. The Hall–Kier alpha value is -4.47. The van der Waals surface area contributed by atoms with Crippen molar-refractivity contribution >= 4 is 23.2 Å². The van der Waals surface area contributed by atoms with E-state index >= 15 is 0 Å². The number of methoxy groups -OCH3 is 1. The van der Waals surface area contributed by atoms with E-state index in [2.05, 4.69) is 15.6 Å². The lowest BCUT2D eigenvalue weighted by atomic mass is 10.1. The highest BCUT2D eigenvalue weighted by molar-refractivity contribution is 6.04. The summed E-state index contributed by atoms with van der Waals surface area (Å²) in [6.45, 7) is -0.0767. The molecule has 2 aromatic carbocycles. The topological polar surface area (TPSA) is 133 Å². The van der Waals surface area contributed by atoms with Crippen molar-refractivity contribution in [1.29, 1.82) is 0 Å². The van der Waals surface area contributed by atoms with Gasteiger partial charge in [0.25, 0.3) is 11.8 Å². The van der Waals surface area contributed by atoms with E-state index in [0.29, 0.717) is 17.8 Å². The minimum atomic E-state index is -0.578. The van der Waals surface area contributed by atoms with Gasteiger partial charge < -0.3 is 20.1 Å². The first-order valence-corrected chi connectivity index (χ1v) is 9.49. The van der Waals surface area contributed by atoms with Crippen LogP contribution in [-0.4, -0.2) is 35.4 Å². The lowest BCUT2D eigenvalue weighted by Gasteiger charge is -2.12. The third-order valence-corrected chi connectivity index (χ3v) is 4.34. The molecule has 0 unspecified atom stereocenters. The Morgan fingerprint density at radius 2 is 1.94 bits per heavy atom. The zero-order chi connectivity index (χ0) is 22.9. The Balaban J connectivity index is 1.61. The van der Waals surface area contributed by atoms with E-state index in [4.69, 9.17) is 9.47 Å². The molecule has 3 aromatic rings. The van der Waals surface area contributed by atoms with E-state index in [-0.39, 0.29) is 29.7 Å². The summed E-state index contributed by atoms with van der Waals surface area (Å²) in [7, 11) is 1.30. The molecule has 0 aliphatic carbocycles. The van der Waals surface area contributed by atoms with Crippen molar-refractivity contribution in [2.45, 2.75) is 6.54 Å². The van der Waals surface area contributed by atoms with Gasteiger partial charge >= 0.3 is 5.69 Å². The largest absolute Gasteiger partial charge is 0.490 e. The van der Waals surface area contributed by atoms with Crippen LogP contribution in [0.1, 0.15) is 15.9 Å². The van der Waals surface area contributed by atoms with Crippen LogP contribution in [0.15, 0.2) is 67.0 Å². The fourth-order valence-corrected chi connectivity index (χ4v) is 2.80. The molecule has 0 radical (unpaired) electrons. The number of nitrogens with zero attached hydrogens (tertiary/aromatic N) is 2. The first-order chi connectivity index (χ1) is 15.5. The molecule has 0 aliphatic heterocycles. The summed E-state index contributed by atoms with van der Waals surface area (Å²) in [6.07, 6.45) is 3.30. The summed E-state index contributed by atoms with van der Waals surface area (Å²) in [6, 6.07) is 14.1. The number of hydrogen-bond acceptors (Lipinski definition) is 7. The highest BCUT2D eigenvalue weighted by atomic mass is 16.6. The predicted molar refractivity (Wildman–Crippen MR) is 116 cm³/mol. The number of nitro benzene ring substituents is 1. The summed E-state index contributed by atoms with van der Waals surface area (Å²) in [5.74, 6) is -0.616. The van der Waals surface area contributed by atoms with Gasteiger partial charge in [-0.2, -0.15) is 0 Å². The Morgan fingerprint density at radius 1 is 1.12 bits per heavy atom. The van der Waals surface area contributed by atoms with Gasteiger partial charge in [0, 0.05) is 31.1 Å². The van der Waals surface area contributed by atoms with Crippen LogP contribution in [0.2, 0.25) is 0 Å². The number of ether oxygens (including phenoxy) is 2. The van der Waals surface area contributed by atoms with E-state index in [1.165, 1.54) is 25.3 Å². The van der Waals surface area contributed by atoms with Crippen LogP contribution < -0.4 is 20.1 Å². The van der Waals surface area contributed by atoms with E-state index in [1.54, 1.807) is 42.7 Å². The molecule has 0 fully saturated rings. The van der Waals surface area contributed by atoms with Gasteiger partial charge in [0.2, 0.25) is 5.75 Å². The number of carbonyl (C=O) groups excluding carboxylic acids is 2. The highest BCUT2D eigenvalue weighted by Crippen LogP contribution is 2.30. The van der Waals surface area contributed by atoms with Gasteiger partial charge in [-0.15, -0.1) is 0 Å². The maximum absolute atomic E-state index is 12.6. The SMILES string of the molecule is COc1cc(OCC(=O)Nc2ccccc2C(=O)NCc2cccnc2)ccc1[N+](=O)[O-]. The number of hydrogen-bond donors (Lipinski definition) is 2. The van der Waals surface area contributed by atoms with E-state index in [1.807, 2.05) is 6.07 Å². The molecule has 2 N–H and O–H groups in total. The van der Waals surface area contributed by atoms with Crippen LogP contribution in [0.4, 0.5) is 11.4 Å². The number of rotatable bonds is 9. The summed E-state index contributed by atoms with van der Waals surface area (Å²) in [5, 5.41) is 16.4. The van der Waals surface area contributed by atoms with Gasteiger partial charge in [-0.05, 0) is 29.8 Å². The molecule has 10 heteroatoms. The third kappa shape index (κ3) is 5.79. The molecule has 32 heavy (non-hydrogen) atoms. The molecule has 0 spiro atoms. The van der Waals surface area contributed by atoms with Crippen molar-refractivity contribution in [3.63, 3.8) is 0 Å². The molecule has 1 heterocycles. The van der Waals surface area contributed by atoms with Crippen LogP contribution in [-0.2, 0) is 11.3 Å². The van der Waals surface area contributed by atoms with Crippen molar-refractivity contribution in [3.8, 4) is 11.5 Å². The molecular formula is C22H20N4O6. The number of anilines is 1. The van der Waals surface area contributed by atoms with Crippen LogP contribution in [0.3, 0.4) is 0 Å². The second-order valence-electron chi connectivity index (χ2n) is 6.52. The fraction of sp³-hybridized carbons (Fsp3) is 0.136. The molecule has 10 nitrogen and oxygen atoms in total. The molecular weight excluding hydrogens is 416 g/mol. The van der Waals surface area contributed by atoms with Crippen LogP contribution in [0.5, 0.6) is 11.5 Å². The van der Waals surface area contributed by atoms with Crippen LogP contribution >= 0.6 is 0 Å². The second-order valence-corrected chi connectivity index (χ2v) is 6.52. The molecule has 0 saturated heterocycles. The molecule has 1 aromatic heterocycles. The molecule has 0 bridgehead atoms. The van der Waals surface area contributed by atoms with Gasteiger partial charge in [0.15, 0.2) is 6.61 Å². The number of carbonyl (C=O) groups is 2. The zero-order valence-electron chi connectivity index (χ0n) is 17.1. The lowest BCUT2D eigenvalue weighted by Crippen LogP contribution is -2.26. The predicted octanol–water partition coefficient (Wildman–Crippen LogP) is 2.95. The summed E-state index contributed by atoms with van der Waals surface area (Å²) in [5.41, 5.74) is 1.25. The lowest BCUT2D eigenvalue weighted by molar-refractivity contribution is -0.385. The second kappa shape index (κ2) is 10.5. The highest BCUT2D eigenvalue weighted by Gasteiger charge is 2.17. The first kappa shape index (κ1) is 22.2. The number of nitrogens with one attached hydrogen (secondary N) is 2. The van der Waals surface area contributed by atoms with Gasteiger partial charge in [0.1, 0.15) is 5.75 Å². The molecule has 0 saturated carbocycles. The zero-order valence-corrected chi connectivity index (χ0v) is 17.1. The Bertz CT molecular complexity index is 1120. The number of para-hydroxylation sites is 1. The first-order valence-electron chi connectivity index (χ1n) is 9.49. The standard InChI is InChI=1S/C22H20N4O6/c1-31-20-11-16(8-9-19(20)26(29)30)32-14-21(27)25-18-7-3-2-6-17(18)22(28)24-13-15-5-4-10-23-12-15/h2-12H,13-14H2,1H3,(H,24,28)(H,25,27). The minimum Gasteiger partial charge on any atom is -0.490 e. The molecule has 2 amide bonds. The normalized spacial score (nSPS) is 10.2. The van der Waals surface area contributed by atoms with Crippen molar-refractivity contribution in [2.75, 3.05) is 19.0 Å². The Labute approximate surface area is 183 Å². The maximum Gasteiger partial charge on any atom is 0.311 e. The average molecular weight is 436 g/mol. The number of nitro groups is 1. The van der Waals surface area contributed by atoms with Gasteiger partial charge in [-0.3, -0.25) is 24.7 Å². The van der Waals surface area contributed by atoms with Crippen molar-refractivity contribution in [3.05, 3.63) is 88.2 Å². The van der Waals surface area contributed by atoms with Gasteiger partial charge in [-0.1, -0.05) is 18.2 Å². The maximum atomic E-state index is 12.6. The third-order valence-electron chi connectivity index (χ3n) is 4.34. The summed E-state index contributed by atoms with van der Waals surface area (Å²) >= 11 is 0. The average Bonchev–Trinajstić information content (AvgIpc) is 2.82. The van der Waals surface area contributed by atoms with E-state index < -0.39 is 10.8 Å². The number of aromatic nitrogens is 1. The summed E-state index contributed by atoms with van der Waals surface area (Å²) < 4.78 is 10.4. The summed E-state index contributed by atoms with van der Waals surface area (Å²) in [4.78, 5) is 39.3. The molecule has 0 aliphatic rings. The smallest absolute Gasteiger partial charge is 0.311 e. The Kier molecular flexibility index (Phi) is 7.31. The minimum absolute atomic E-state index is 0.0172. The Morgan fingerprint density at radius 3 is 2.66 bits per heavy atom. The molecule has 0 atom stereocenters. The van der Waals surface area contributed by atoms with Crippen molar-refractivity contribution in [2.24, 2.45) is 0 Å². The quantitative estimate of drug-likeness (QED) is 0.389.